The Morgan fingerprint density at radius 1 is 1.04 bits per heavy atom. The molecule has 0 unspecified atom stereocenters. The maximum atomic E-state index is 12.2. The molecule has 4 aromatic rings. The van der Waals surface area contributed by atoms with Gasteiger partial charge in [-0.1, -0.05) is 23.9 Å². The van der Waals surface area contributed by atoms with E-state index < -0.39 is 0 Å². The van der Waals surface area contributed by atoms with Crippen LogP contribution in [-0.2, 0) is 5.75 Å². The molecule has 5 nitrogen and oxygen atoms in total. The Morgan fingerprint density at radius 2 is 1.92 bits per heavy atom. The molecule has 3 aromatic heterocycles. The SMILES string of the molecule is Cc1ccc(-n2ccnc2SCc2cc(=O)n3ccccc3n2)cc1C. The summed E-state index contributed by atoms with van der Waals surface area (Å²) in [5.74, 6) is 0.586. The summed E-state index contributed by atoms with van der Waals surface area (Å²) in [6, 6.07) is 13.5. The van der Waals surface area contributed by atoms with Crippen molar-refractivity contribution in [1.82, 2.24) is 18.9 Å². The van der Waals surface area contributed by atoms with Crippen LogP contribution in [0.3, 0.4) is 0 Å². The maximum Gasteiger partial charge on any atom is 0.258 e. The molecular formula is C20H18N4OS. The van der Waals surface area contributed by atoms with E-state index in [-0.39, 0.29) is 5.56 Å². The Morgan fingerprint density at radius 3 is 2.77 bits per heavy atom. The van der Waals surface area contributed by atoms with E-state index in [1.807, 2.05) is 24.4 Å². The molecule has 0 amide bonds. The highest BCUT2D eigenvalue weighted by Gasteiger charge is 2.09. The van der Waals surface area contributed by atoms with E-state index in [1.165, 1.54) is 11.1 Å². The molecule has 3 heterocycles. The highest BCUT2D eigenvalue weighted by atomic mass is 32.2. The third-order valence-electron chi connectivity index (χ3n) is 4.35. The molecule has 0 saturated carbocycles. The van der Waals surface area contributed by atoms with Crippen molar-refractivity contribution in [3.63, 3.8) is 0 Å². The van der Waals surface area contributed by atoms with Crippen molar-refractivity contribution in [3.8, 4) is 5.69 Å². The molecule has 6 heteroatoms. The van der Waals surface area contributed by atoms with E-state index in [0.29, 0.717) is 11.4 Å². The second-order valence-corrected chi connectivity index (χ2v) is 7.09. The normalized spacial score (nSPS) is 11.2. The van der Waals surface area contributed by atoms with Crippen molar-refractivity contribution in [1.29, 1.82) is 0 Å². The first-order valence-electron chi connectivity index (χ1n) is 8.33. The summed E-state index contributed by atoms with van der Waals surface area (Å²) < 4.78 is 3.61. The van der Waals surface area contributed by atoms with Crippen LogP contribution in [0, 0.1) is 13.8 Å². The highest BCUT2D eigenvalue weighted by molar-refractivity contribution is 7.98. The second-order valence-electron chi connectivity index (χ2n) is 6.15. The van der Waals surface area contributed by atoms with Crippen LogP contribution in [0.1, 0.15) is 16.8 Å². The van der Waals surface area contributed by atoms with Crippen LogP contribution in [0.2, 0.25) is 0 Å². The molecule has 0 spiro atoms. The van der Waals surface area contributed by atoms with Crippen molar-refractivity contribution in [2.75, 3.05) is 0 Å². The Hall–Kier alpha value is -2.86. The lowest BCUT2D eigenvalue weighted by molar-refractivity contribution is 0.891. The highest BCUT2D eigenvalue weighted by Crippen LogP contribution is 2.24. The third-order valence-corrected chi connectivity index (χ3v) is 5.35. The van der Waals surface area contributed by atoms with Crippen LogP contribution in [0.5, 0.6) is 0 Å². The Bertz CT molecular complexity index is 1150. The van der Waals surface area contributed by atoms with Crippen LogP contribution >= 0.6 is 11.8 Å². The largest absolute Gasteiger partial charge is 0.295 e. The van der Waals surface area contributed by atoms with Crippen molar-refractivity contribution >= 4 is 17.4 Å². The number of thioether (sulfide) groups is 1. The average Bonchev–Trinajstić information content (AvgIpc) is 3.11. The molecule has 0 radical (unpaired) electrons. The Labute approximate surface area is 155 Å². The molecule has 130 valence electrons. The lowest BCUT2D eigenvalue weighted by Crippen LogP contribution is -2.14. The van der Waals surface area contributed by atoms with Gasteiger partial charge in [0.2, 0.25) is 0 Å². The summed E-state index contributed by atoms with van der Waals surface area (Å²) >= 11 is 1.57. The summed E-state index contributed by atoms with van der Waals surface area (Å²) in [6.07, 6.45) is 5.48. The molecule has 0 bridgehead atoms. The lowest BCUT2D eigenvalue weighted by atomic mass is 10.1. The molecule has 0 aliphatic carbocycles. The fraction of sp³-hybridized carbons (Fsp3) is 0.150. The van der Waals surface area contributed by atoms with Gasteiger partial charge in [-0.15, -0.1) is 0 Å². The van der Waals surface area contributed by atoms with Gasteiger partial charge in [-0.05, 0) is 49.2 Å². The zero-order valence-corrected chi connectivity index (χ0v) is 15.4. The molecule has 0 aliphatic heterocycles. The zero-order chi connectivity index (χ0) is 18.1. The van der Waals surface area contributed by atoms with Crippen molar-refractivity contribution in [3.05, 3.63) is 88.2 Å². The van der Waals surface area contributed by atoms with Gasteiger partial charge in [0, 0.05) is 36.1 Å². The second kappa shape index (κ2) is 6.80. The van der Waals surface area contributed by atoms with Gasteiger partial charge in [0.25, 0.3) is 5.56 Å². The third kappa shape index (κ3) is 3.15. The molecule has 4 rings (SSSR count). The van der Waals surface area contributed by atoms with E-state index >= 15 is 0 Å². The summed E-state index contributed by atoms with van der Waals surface area (Å²) in [6.45, 7) is 4.21. The Kier molecular flexibility index (Phi) is 4.34. The van der Waals surface area contributed by atoms with Gasteiger partial charge < -0.3 is 0 Å². The number of fused-ring (bicyclic) bond motifs is 1. The standard InChI is InChI=1S/C20H18N4OS/c1-14-6-7-17(11-15(14)2)23-10-8-21-20(23)26-13-16-12-19(25)24-9-4-3-5-18(24)22-16/h3-12H,13H2,1-2H3. The van der Waals surface area contributed by atoms with Gasteiger partial charge in [0.1, 0.15) is 5.65 Å². The zero-order valence-electron chi connectivity index (χ0n) is 14.6. The van der Waals surface area contributed by atoms with Gasteiger partial charge in [0.15, 0.2) is 5.16 Å². The van der Waals surface area contributed by atoms with Crippen LogP contribution in [-0.4, -0.2) is 18.9 Å². The summed E-state index contributed by atoms with van der Waals surface area (Å²) in [4.78, 5) is 21.2. The molecule has 1 aromatic carbocycles. The van der Waals surface area contributed by atoms with Gasteiger partial charge in [-0.2, -0.15) is 0 Å². The minimum atomic E-state index is -0.0660. The number of aryl methyl sites for hydroxylation is 2. The predicted molar refractivity (Wildman–Crippen MR) is 104 cm³/mol. The maximum absolute atomic E-state index is 12.2. The van der Waals surface area contributed by atoms with Crippen LogP contribution in [0.25, 0.3) is 11.3 Å². The predicted octanol–water partition coefficient (Wildman–Crippen LogP) is 3.79. The quantitative estimate of drug-likeness (QED) is 0.518. The van der Waals surface area contributed by atoms with Crippen molar-refractivity contribution in [2.45, 2.75) is 24.8 Å². The van der Waals surface area contributed by atoms with E-state index in [9.17, 15) is 4.79 Å². The Balaban J connectivity index is 1.61. The minimum absolute atomic E-state index is 0.0660. The molecule has 26 heavy (non-hydrogen) atoms. The van der Waals surface area contributed by atoms with Crippen LogP contribution in [0.15, 0.2) is 71.0 Å². The molecule has 0 aliphatic rings. The number of benzene rings is 1. The minimum Gasteiger partial charge on any atom is -0.295 e. The monoisotopic (exact) mass is 362 g/mol. The smallest absolute Gasteiger partial charge is 0.258 e. The summed E-state index contributed by atoms with van der Waals surface area (Å²) in [5.41, 5.74) is 4.94. The van der Waals surface area contributed by atoms with Crippen LogP contribution in [0.4, 0.5) is 0 Å². The molecule has 0 fully saturated rings. The van der Waals surface area contributed by atoms with E-state index in [2.05, 4.69) is 46.6 Å². The number of nitrogens with zero attached hydrogens (tertiary/aromatic N) is 4. The molecule has 0 atom stereocenters. The van der Waals surface area contributed by atoms with Crippen molar-refractivity contribution < 1.29 is 0 Å². The van der Waals surface area contributed by atoms with Gasteiger partial charge in [-0.25, -0.2) is 9.97 Å². The lowest BCUT2D eigenvalue weighted by Gasteiger charge is -2.10. The number of imidazole rings is 1. The van der Waals surface area contributed by atoms with Gasteiger partial charge in [-0.3, -0.25) is 13.8 Å². The number of hydrogen-bond donors (Lipinski definition) is 0. The van der Waals surface area contributed by atoms with Gasteiger partial charge >= 0.3 is 0 Å². The number of rotatable bonds is 4. The fourth-order valence-electron chi connectivity index (χ4n) is 2.78. The number of hydrogen-bond acceptors (Lipinski definition) is 4. The van der Waals surface area contributed by atoms with Crippen molar-refractivity contribution in [2.24, 2.45) is 0 Å². The molecular weight excluding hydrogens is 344 g/mol. The van der Waals surface area contributed by atoms with E-state index in [0.717, 1.165) is 16.5 Å². The number of aromatic nitrogens is 4. The van der Waals surface area contributed by atoms with E-state index in [1.54, 1.807) is 34.6 Å². The first kappa shape index (κ1) is 16.6. The van der Waals surface area contributed by atoms with Crippen LogP contribution < -0.4 is 5.56 Å². The average molecular weight is 362 g/mol. The van der Waals surface area contributed by atoms with E-state index in [4.69, 9.17) is 0 Å². The molecule has 0 N–H and O–H groups in total. The summed E-state index contributed by atoms with van der Waals surface area (Å²) in [7, 11) is 0. The summed E-state index contributed by atoms with van der Waals surface area (Å²) in [5, 5.41) is 0.878. The first-order chi connectivity index (χ1) is 12.6. The van der Waals surface area contributed by atoms with Gasteiger partial charge in [0.05, 0.1) is 5.69 Å². The molecule has 0 saturated heterocycles. The fourth-order valence-corrected chi connectivity index (χ4v) is 3.65. The topological polar surface area (TPSA) is 52.2 Å². The number of pyridine rings is 1. The first-order valence-corrected chi connectivity index (χ1v) is 9.31.